The third-order valence-electron chi connectivity index (χ3n) is 3.30. The monoisotopic (exact) mass is 281 g/mol. The molecule has 1 aromatic heterocycles. The molecule has 0 bridgehead atoms. The summed E-state index contributed by atoms with van der Waals surface area (Å²) >= 11 is 0. The van der Waals surface area contributed by atoms with Gasteiger partial charge in [-0.1, -0.05) is 29.4 Å². The molecule has 0 spiro atoms. The molecule has 106 valence electrons. The quantitative estimate of drug-likeness (QED) is 0.745. The normalized spacial score (nSPS) is 10.6. The van der Waals surface area contributed by atoms with Crippen molar-refractivity contribution >= 4 is 5.69 Å². The maximum Gasteiger partial charge on any atom is 0.260 e. The van der Waals surface area contributed by atoms with Crippen molar-refractivity contribution in [3.8, 4) is 28.6 Å². The first-order chi connectivity index (χ1) is 10.2. The fraction of sp³-hybridized carbons (Fsp3) is 0.125. The number of benzene rings is 2. The van der Waals surface area contributed by atoms with Gasteiger partial charge in [0.2, 0.25) is 5.82 Å². The van der Waals surface area contributed by atoms with Crippen molar-refractivity contribution in [2.45, 2.75) is 6.92 Å². The summed E-state index contributed by atoms with van der Waals surface area (Å²) in [6, 6.07) is 13.2. The number of rotatable bonds is 3. The molecule has 0 aliphatic carbocycles. The SMILES string of the molecule is COc1ccc(-c2nc(-c3ccccc3C)no2)c(N)c1. The lowest BCUT2D eigenvalue weighted by atomic mass is 10.1. The van der Waals surface area contributed by atoms with Crippen molar-refractivity contribution in [1.29, 1.82) is 0 Å². The zero-order valence-corrected chi connectivity index (χ0v) is 11.8. The van der Waals surface area contributed by atoms with Crippen LogP contribution in [0, 0.1) is 6.92 Å². The Morgan fingerprint density at radius 3 is 2.62 bits per heavy atom. The molecule has 0 aliphatic rings. The van der Waals surface area contributed by atoms with E-state index in [0.717, 1.165) is 11.1 Å². The summed E-state index contributed by atoms with van der Waals surface area (Å²) in [5, 5.41) is 4.03. The molecular weight excluding hydrogens is 266 g/mol. The lowest BCUT2D eigenvalue weighted by Gasteiger charge is -2.03. The summed E-state index contributed by atoms with van der Waals surface area (Å²) in [7, 11) is 1.59. The zero-order valence-electron chi connectivity index (χ0n) is 11.8. The number of nitrogen functional groups attached to an aromatic ring is 1. The van der Waals surface area contributed by atoms with E-state index in [1.54, 1.807) is 13.2 Å². The first-order valence-electron chi connectivity index (χ1n) is 6.52. The van der Waals surface area contributed by atoms with Crippen LogP contribution in [0.5, 0.6) is 5.75 Å². The zero-order chi connectivity index (χ0) is 14.8. The second kappa shape index (κ2) is 5.28. The van der Waals surface area contributed by atoms with E-state index < -0.39 is 0 Å². The Labute approximate surface area is 122 Å². The summed E-state index contributed by atoms with van der Waals surface area (Å²) in [6.45, 7) is 2.01. The predicted molar refractivity (Wildman–Crippen MR) is 80.9 cm³/mol. The molecule has 2 N–H and O–H groups in total. The average Bonchev–Trinajstić information content (AvgIpc) is 2.97. The number of anilines is 1. The number of nitrogens with zero attached hydrogens (tertiary/aromatic N) is 2. The van der Waals surface area contributed by atoms with E-state index in [4.69, 9.17) is 15.0 Å². The van der Waals surface area contributed by atoms with Crippen molar-refractivity contribution in [2.75, 3.05) is 12.8 Å². The van der Waals surface area contributed by atoms with Crippen molar-refractivity contribution in [3.05, 3.63) is 48.0 Å². The third kappa shape index (κ3) is 2.45. The maximum atomic E-state index is 6.00. The lowest BCUT2D eigenvalue weighted by molar-refractivity contribution is 0.414. The fourth-order valence-electron chi connectivity index (χ4n) is 2.13. The highest BCUT2D eigenvalue weighted by atomic mass is 16.5. The Morgan fingerprint density at radius 1 is 1.10 bits per heavy atom. The van der Waals surface area contributed by atoms with Crippen molar-refractivity contribution in [3.63, 3.8) is 0 Å². The number of nitrogens with two attached hydrogens (primary N) is 1. The second-order valence-corrected chi connectivity index (χ2v) is 4.69. The van der Waals surface area contributed by atoms with Crippen LogP contribution in [0.15, 0.2) is 47.0 Å². The van der Waals surface area contributed by atoms with Gasteiger partial charge in [-0.05, 0) is 24.6 Å². The molecule has 5 heteroatoms. The van der Waals surface area contributed by atoms with Gasteiger partial charge in [0.1, 0.15) is 5.75 Å². The molecule has 2 aromatic carbocycles. The van der Waals surface area contributed by atoms with E-state index in [-0.39, 0.29) is 0 Å². The van der Waals surface area contributed by atoms with Crippen molar-refractivity contribution in [1.82, 2.24) is 10.1 Å². The molecule has 0 aliphatic heterocycles. The van der Waals surface area contributed by atoms with Crippen LogP contribution in [-0.2, 0) is 0 Å². The molecule has 0 radical (unpaired) electrons. The Balaban J connectivity index is 2.01. The molecule has 0 saturated carbocycles. The minimum atomic E-state index is 0.397. The van der Waals surface area contributed by atoms with Crippen LogP contribution in [0.3, 0.4) is 0 Å². The minimum Gasteiger partial charge on any atom is -0.497 e. The van der Waals surface area contributed by atoms with Gasteiger partial charge in [-0.25, -0.2) is 0 Å². The molecule has 5 nitrogen and oxygen atoms in total. The Kier molecular flexibility index (Phi) is 3.31. The Morgan fingerprint density at radius 2 is 1.90 bits per heavy atom. The summed E-state index contributed by atoms with van der Waals surface area (Å²) in [5.74, 6) is 1.64. The molecule has 1 heterocycles. The number of hydrogen-bond donors (Lipinski definition) is 1. The summed E-state index contributed by atoms with van der Waals surface area (Å²) in [5.41, 5.74) is 9.27. The molecule has 3 rings (SSSR count). The van der Waals surface area contributed by atoms with Gasteiger partial charge in [-0.2, -0.15) is 4.98 Å². The topological polar surface area (TPSA) is 74.2 Å². The van der Waals surface area contributed by atoms with Gasteiger partial charge in [-0.15, -0.1) is 0 Å². The smallest absolute Gasteiger partial charge is 0.260 e. The van der Waals surface area contributed by atoms with E-state index in [1.807, 2.05) is 43.3 Å². The van der Waals surface area contributed by atoms with E-state index >= 15 is 0 Å². The molecule has 0 amide bonds. The first-order valence-corrected chi connectivity index (χ1v) is 6.52. The molecular formula is C16H15N3O2. The number of hydrogen-bond acceptors (Lipinski definition) is 5. The highest BCUT2D eigenvalue weighted by Gasteiger charge is 2.14. The number of methoxy groups -OCH3 is 1. The van der Waals surface area contributed by atoms with Crippen LogP contribution in [0.2, 0.25) is 0 Å². The molecule has 0 unspecified atom stereocenters. The lowest BCUT2D eigenvalue weighted by Crippen LogP contribution is -1.92. The first kappa shape index (κ1) is 13.2. The maximum absolute atomic E-state index is 6.00. The molecule has 0 atom stereocenters. The number of aromatic nitrogens is 2. The highest BCUT2D eigenvalue weighted by Crippen LogP contribution is 2.30. The Bertz CT molecular complexity index is 781. The average molecular weight is 281 g/mol. The van der Waals surface area contributed by atoms with Gasteiger partial charge in [0.15, 0.2) is 0 Å². The van der Waals surface area contributed by atoms with Gasteiger partial charge < -0.3 is 15.0 Å². The van der Waals surface area contributed by atoms with E-state index in [2.05, 4.69) is 10.1 Å². The highest BCUT2D eigenvalue weighted by molar-refractivity contribution is 5.73. The minimum absolute atomic E-state index is 0.397. The number of aryl methyl sites for hydroxylation is 1. The van der Waals surface area contributed by atoms with E-state index in [1.165, 1.54) is 0 Å². The summed E-state index contributed by atoms with van der Waals surface area (Å²) in [6.07, 6.45) is 0. The number of ether oxygens (including phenoxy) is 1. The van der Waals surface area contributed by atoms with Gasteiger partial charge in [0.25, 0.3) is 5.89 Å². The second-order valence-electron chi connectivity index (χ2n) is 4.69. The van der Waals surface area contributed by atoms with Crippen molar-refractivity contribution in [2.24, 2.45) is 0 Å². The van der Waals surface area contributed by atoms with Gasteiger partial charge in [0, 0.05) is 17.3 Å². The molecule has 0 fully saturated rings. The Hall–Kier alpha value is -2.82. The summed E-state index contributed by atoms with van der Waals surface area (Å²) in [4.78, 5) is 4.43. The summed E-state index contributed by atoms with van der Waals surface area (Å²) < 4.78 is 10.5. The van der Waals surface area contributed by atoms with E-state index in [0.29, 0.717) is 28.7 Å². The van der Waals surface area contributed by atoms with Gasteiger partial charge >= 0.3 is 0 Å². The van der Waals surface area contributed by atoms with Crippen LogP contribution in [0.1, 0.15) is 5.56 Å². The van der Waals surface area contributed by atoms with Crippen LogP contribution >= 0.6 is 0 Å². The molecule has 3 aromatic rings. The van der Waals surface area contributed by atoms with Crippen LogP contribution in [0.4, 0.5) is 5.69 Å². The van der Waals surface area contributed by atoms with Crippen molar-refractivity contribution < 1.29 is 9.26 Å². The van der Waals surface area contributed by atoms with Crippen LogP contribution < -0.4 is 10.5 Å². The van der Waals surface area contributed by atoms with Crippen LogP contribution in [0.25, 0.3) is 22.8 Å². The van der Waals surface area contributed by atoms with Crippen LogP contribution in [-0.4, -0.2) is 17.3 Å². The van der Waals surface area contributed by atoms with E-state index in [9.17, 15) is 0 Å². The standard InChI is InChI=1S/C16H15N3O2/c1-10-5-3-4-6-12(10)15-18-16(21-19-15)13-8-7-11(20-2)9-14(13)17/h3-9H,17H2,1-2H3. The van der Waals surface area contributed by atoms with Gasteiger partial charge in [0.05, 0.1) is 12.7 Å². The molecule has 0 saturated heterocycles. The predicted octanol–water partition coefficient (Wildman–Crippen LogP) is 3.30. The fourth-order valence-corrected chi connectivity index (χ4v) is 2.13. The largest absolute Gasteiger partial charge is 0.497 e. The molecule has 21 heavy (non-hydrogen) atoms. The van der Waals surface area contributed by atoms with Gasteiger partial charge in [-0.3, -0.25) is 0 Å². The third-order valence-corrected chi connectivity index (χ3v) is 3.30.